The Hall–Kier alpha value is -1.91. The molecular formula is C15H15ClN4. The Kier molecular flexibility index (Phi) is 3.67. The van der Waals surface area contributed by atoms with Crippen LogP contribution in [0.4, 0.5) is 0 Å². The number of nitrogens with zero attached hydrogens (tertiary/aromatic N) is 2. The summed E-state index contributed by atoms with van der Waals surface area (Å²) in [6, 6.07) is 7.82. The lowest BCUT2D eigenvalue weighted by Gasteiger charge is -2.04. The first-order chi connectivity index (χ1) is 9.72. The van der Waals surface area contributed by atoms with E-state index in [1.54, 1.807) is 6.20 Å². The first-order valence-electron chi connectivity index (χ1n) is 6.47. The van der Waals surface area contributed by atoms with Crippen LogP contribution in [0, 0.1) is 6.92 Å². The van der Waals surface area contributed by atoms with Gasteiger partial charge in [-0.05, 0) is 30.7 Å². The molecule has 0 aliphatic carbocycles. The maximum atomic E-state index is 5.98. The van der Waals surface area contributed by atoms with Crippen LogP contribution in [-0.4, -0.2) is 15.0 Å². The van der Waals surface area contributed by atoms with Crippen molar-refractivity contribution < 1.29 is 0 Å². The van der Waals surface area contributed by atoms with Crippen molar-refractivity contribution in [1.82, 2.24) is 20.3 Å². The normalized spacial score (nSPS) is 11.1. The second-order valence-electron chi connectivity index (χ2n) is 4.70. The van der Waals surface area contributed by atoms with Gasteiger partial charge in [0, 0.05) is 41.4 Å². The number of aryl methyl sites for hydroxylation is 1. The molecule has 0 unspecified atom stereocenters. The quantitative estimate of drug-likeness (QED) is 0.774. The number of fused-ring (bicyclic) bond motifs is 1. The van der Waals surface area contributed by atoms with Gasteiger partial charge in [-0.2, -0.15) is 0 Å². The predicted octanol–water partition coefficient (Wildman–Crippen LogP) is 3.21. The average molecular weight is 287 g/mol. The van der Waals surface area contributed by atoms with Gasteiger partial charge in [-0.25, -0.2) is 9.97 Å². The third kappa shape index (κ3) is 2.81. The zero-order valence-electron chi connectivity index (χ0n) is 11.2. The number of halogens is 1. The van der Waals surface area contributed by atoms with E-state index in [-0.39, 0.29) is 0 Å². The summed E-state index contributed by atoms with van der Waals surface area (Å²) in [5, 5.41) is 5.34. The molecule has 0 bridgehead atoms. The summed E-state index contributed by atoms with van der Waals surface area (Å²) in [5.41, 5.74) is 3.29. The van der Waals surface area contributed by atoms with Crippen LogP contribution in [0.25, 0.3) is 10.9 Å². The third-order valence-electron chi connectivity index (χ3n) is 3.18. The molecule has 0 aliphatic rings. The van der Waals surface area contributed by atoms with E-state index in [1.807, 2.05) is 37.4 Å². The molecule has 2 N–H and O–H groups in total. The Bertz CT molecular complexity index is 736. The van der Waals surface area contributed by atoms with Crippen LogP contribution in [0.15, 0.2) is 36.7 Å². The summed E-state index contributed by atoms with van der Waals surface area (Å²) in [4.78, 5) is 11.7. The van der Waals surface area contributed by atoms with Crippen molar-refractivity contribution in [3.63, 3.8) is 0 Å². The molecule has 2 heterocycles. The molecule has 0 saturated carbocycles. The highest BCUT2D eigenvalue weighted by Crippen LogP contribution is 2.21. The molecule has 102 valence electrons. The van der Waals surface area contributed by atoms with Gasteiger partial charge in [0.2, 0.25) is 0 Å². The van der Waals surface area contributed by atoms with Gasteiger partial charge in [0.15, 0.2) is 0 Å². The van der Waals surface area contributed by atoms with Crippen LogP contribution < -0.4 is 5.32 Å². The van der Waals surface area contributed by atoms with Gasteiger partial charge in [0.05, 0.1) is 5.69 Å². The minimum atomic E-state index is 0.726. The summed E-state index contributed by atoms with van der Waals surface area (Å²) in [6.07, 6.45) is 3.80. The lowest BCUT2D eigenvalue weighted by Crippen LogP contribution is -2.13. The summed E-state index contributed by atoms with van der Waals surface area (Å²) in [7, 11) is 0. The Morgan fingerprint density at radius 3 is 3.00 bits per heavy atom. The Balaban J connectivity index is 1.68. The summed E-state index contributed by atoms with van der Waals surface area (Å²) in [6.45, 7) is 3.40. The highest BCUT2D eigenvalue weighted by Gasteiger charge is 2.04. The zero-order valence-corrected chi connectivity index (χ0v) is 11.9. The van der Waals surface area contributed by atoms with Crippen molar-refractivity contribution in [2.75, 3.05) is 0 Å². The van der Waals surface area contributed by atoms with Crippen molar-refractivity contribution in [2.45, 2.75) is 20.0 Å². The predicted molar refractivity (Wildman–Crippen MR) is 80.6 cm³/mol. The maximum Gasteiger partial charge on any atom is 0.125 e. The molecule has 4 nitrogen and oxygen atoms in total. The smallest absolute Gasteiger partial charge is 0.125 e. The molecule has 3 aromatic rings. The number of benzene rings is 1. The van der Waals surface area contributed by atoms with Crippen molar-refractivity contribution in [2.24, 2.45) is 0 Å². The number of H-pyrrole nitrogens is 1. The van der Waals surface area contributed by atoms with E-state index in [9.17, 15) is 0 Å². The number of hydrogen-bond donors (Lipinski definition) is 2. The van der Waals surface area contributed by atoms with Crippen LogP contribution >= 0.6 is 11.6 Å². The lowest BCUT2D eigenvalue weighted by molar-refractivity contribution is 0.678. The largest absolute Gasteiger partial charge is 0.361 e. The van der Waals surface area contributed by atoms with E-state index < -0.39 is 0 Å². The SMILES string of the molecule is Cc1nccc(CNCc2c[nH]c3cc(Cl)ccc23)n1. The summed E-state index contributed by atoms with van der Waals surface area (Å²) in [5.74, 6) is 0.797. The fourth-order valence-corrected chi connectivity index (χ4v) is 2.41. The fraction of sp³-hybridized carbons (Fsp3) is 0.200. The fourth-order valence-electron chi connectivity index (χ4n) is 2.23. The number of aromatic nitrogens is 3. The highest BCUT2D eigenvalue weighted by molar-refractivity contribution is 6.31. The van der Waals surface area contributed by atoms with Gasteiger partial charge >= 0.3 is 0 Å². The monoisotopic (exact) mass is 286 g/mol. The lowest BCUT2D eigenvalue weighted by atomic mass is 10.2. The van der Waals surface area contributed by atoms with E-state index in [1.165, 1.54) is 10.9 Å². The Morgan fingerprint density at radius 1 is 1.25 bits per heavy atom. The number of hydrogen-bond acceptors (Lipinski definition) is 3. The number of rotatable bonds is 4. The third-order valence-corrected chi connectivity index (χ3v) is 3.42. The van der Waals surface area contributed by atoms with Crippen LogP contribution in [0.5, 0.6) is 0 Å². The van der Waals surface area contributed by atoms with Crippen molar-refractivity contribution in [1.29, 1.82) is 0 Å². The molecule has 0 amide bonds. The van der Waals surface area contributed by atoms with Gasteiger partial charge in [0.25, 0.3) is 0 Å². The number of nitrogens with one attached hydrogen (secondary N) is 2. The van der Waals surface area contributed by atoms with Gasteiger partial charge in [-0.15, -0.1) is 0 Å². The first kappa shape index (κ1) is 13.1. The first-order valence-corrected chi connectivity index (χ1v) is 6.85. The minimum absolute atomic E-state index is 0.726. The molecule has 2 aromatic heterocycles. The molecule has 0 radical (unpaired) electrons. The van der Waals surface area contributed by atoms with E-state index in [4.69, 9.17) is 11.6 Å². The second kappa shape index (κ2) is 5.61. The highest BCUT2D eigenvalue weighted by atomic mass is 35.5. The summed E-state index contributed by atoms with van der Waals surface area (Å²) >= 11 is 5.98. The zero-order chi connectivity index (χ0) is 13.9. The van der Waals surface area contributed by atoms with Gasteiger partial charge in [-0.1, -0.05) is 17.7 Å². The molecule has 20 heavy (non-hydrogen) atoms. The molecular weight excluding hydrogens is 272 g/mol. The molecule has 0 aliphatic heterocycles. The van der Waals surface area contributed by atoms with Crippen LogP contribution in [-0.2, 0) is 13.1 Å². The summed E-state index contributed by atoms with van der Waals surface area (Å²) < 4.78 is 0. The van der Waals surface area contributed by atoms with Gasteiger partial charge in [0.1, 0.15) is 5.82 Å². The Morgan fingerprint density at radius 2 is 2.15 bits per heavy atom. The van der Waals surface area contributed by atoms with Crippen molar-refractivity contribution >= 4 is 22.5 Å². The van der Waals surface area contributed by atoms with E-state index in [2.05, 4.69) is 20.3 Å². The number of aromatic amines is 1. The standard InChI is InChI=1S/C15H15ClN4/c1-10-18-5-4-13(20-10)9-17-7-11-8-19-15-6-12(16)2-3-14(11)15/h2-6,8,17,19H,7,9H2,1H3. The van der Waals surface area contributed by atoms with Crippen LogP contribution in [0.1, 0.15) is 17.1 Å². The molecule has 3 rings (SSSR count). The second-order valence-corrected chi connectivity index (χ2v) is 5.14. The topological polar surface area (TPSA) is 53.6 Å². The average Bonchev–Trinajstić information content (AvgIpc) is 2.81. The molecule has 0 fully saturated rings. The van der Waals surface area contributed by atoms with Crippen LogP contribution in [0.3, 0.4) is 0 Å². The molecule has 5 heteroatoms. The molecule has 0 saturated heterocycles. The minimum Gasteiger partial charge on any atom is -0.361 e. The molecule has 0 atom stereocenters. The van der Waals surface area contributed by atoms with E-state index >= 15 is 0 Å². The molecule has 1 aromatic carbocycles. The molecule has 0 spiro atoms. The van der Waals surface area contributed by atoms with Gasteiger partial charge in [-0.3, -0.25) is 0 Å². The van der Waals surface area contributed by atoms with E-state index in [0.29, 0.717) is 0 Å². The van der Waals surface area contributed by atoms with Crippen LogP contribution in [0.2, 0.25) is 5.02 Å². The van der Waals surface area contributed by atoms with E-state index in [0.717, 1.165) is 35.1 Å². The van der Waals surface area contributed by atoms with Gasteiger partial charge < -0.3 is 10.3 Å². The van der Waals surface area contributed by atoms with Crippen molar-refractivity contribution in [3.05, 3.63) is 58.8 Å². The van der Waals surface area contributed by atoms with Crippen molar-refractivity contribution in [3.8, 4) is 0 Å². The maximum absolute atomic E-state index is 5.98. The Labute approximate surface area is 122 Å².